The Bertz CT molecular complexity index is 898. The second-order valence-corrected chi connectivity index (χ2v) is 6.71. The molecule has 0 saturated carbocycles. The topological polar surface area (TPSA) is 133 Å². The van der Waals surface area contributed by atoms with Crippen LogP contribution in [0.1, 0.15) is 11.1 Å². The van der Waals surface area contributed by atoms with Gasteiger partial charge in [0.2, 0.25) is 0 Å². The van der Waals surface area contributed by atoms with Gasteiger partial charge in [-0.3, -0.25) is 30.3 Å². The highest BCUT2D eigenvalue weighted by atomic mass is 79.9. The van der Waals surface area contributed by atoms with Crippen molar-refractivity contribution in [1.82, 2.24) is 0 Å². The van der Waals surface area contributed by atoms with Gasteiger partial charge in [-0.05, 0) is 40.5 Å². The molecular weight excluding hydrogens is 424 g/mol. The molecule has 0 atom stereocenters. The third kappa shape index (κ3) is 4.56. The maximum absolute atomic E-state index is 11.3. The number of aryl methyl sites for hydroxylation is 1. The minimum Gasteiger partial charge on any atom is -0.373 e. The van der Waals surface area contributed by atoms with E-state index in [0.717, 1.165) is 27.9 Å². The SMILES string of the molecule is Cc1ccc(N(C)CCc2c([N+](=O)[O-])cc([N+](=O)[O-])cc2[N+](=O)[O-])c(Br)c1. The van der Waals surface area contributed by atoms with E-state index in [1.165, 1.54) is 0 Å². The molecule has 0 aliphatic carbocycles. The van der Waals surface area contributed by atoms with Gasteiger partial charge in [0.15, 0.2) is 0 Å². The van der Waals surface area contributed by atoms with Crippen molar-refractivity contribution in [2.24, 2.45) is 0 Å². The molecule has 10 nitrogen and oxygen atoms in total. The van der Waals surface area contributed by atoms with E-state index >= 15 is 0 Å². The molecule has 0 heterocycles. The highest BCUT2D eigenvalue weighted by Crippen LogP contribution is 2.34. The van der Waals surface area contributed by atoms with Crippen LogP contribution in [0.5, 0.6) is 0 Å². The zero-order chi connectivity index (χ0) is 20.3. The number of non-ortho nitro benzene ring substituents is 1. The summed E-state index contributed by atoms with van der Waals surface area (Å²) in [6, 6.07) is 7.17. The standard InChI is InChI=1S/C16H15BrN4O6/c1-10-3-4-14(13(17)7-10)18(2)6-5-12-15(20(24)25)8-11(19(22)23)9-16(12)21(26)27/h3-4,7-9H,5-6H2,1-2H3. The van der Waals surface area contributed by atoms with E-state index in [1.54, 1.807) is 11.9 Å². The number of likely N-dealkylation sites (N-methyl/N-ethyl adjacent to an activating group) is 1. The number of anilines is 1. The maximum atomic E-state index is 11.3. The predicted molar refractivity (Wildman–Crippen MR) is 102 cm³/mol. The van der Waals surface area contributed by atoms with E-state index in [-0.39, 0.29) is 18.5 Å². The number of hydrogen-bond donors (Lipinski definition) is 0. The summed E-state index contributed by atoms with van der Waals surface area (Å²) in [6.45, 7) is 2.17. The van der Waals surface area contributed by atoms with Crippen LogP contribution in [-0.4, -0.2) is 28.4 Å². The maximum Gasteiger partial charge on any atom is 0.286 e. The first-order valence-corrected chi connectivity index (χ1v) is 8.48. The average Bonchev–Trinajstić information content (AvgIpc) is 2.58. The molecule has 2 aromatic carbocycles. The molecule has 0 aliphatic rings. The molecule has 142 valence electrons. The Morgan fingerprint density at radius 2 is 1.52 bits per heavy atom. The van der Waals surface area contributed by atoms with Crippen LogP contribution < -0.4 is 4.90 Å². The molecule has 2 aromatic rings. The van der Waals surface area contributed by atoms with Crippen molar-refractivity contribution < 1.29 is 14.8 Å². The Labute approximate surface area is 162 Å². The van der Waals surface area contributed by atoms with E-state index in [2.05, 4.69) is 15.9 Å². The average molecular weight is 439 g/mol. The first-order valence-electron chi connectivity index (χ1n) is 7.69. The van der Waals surface area contributed by atoms with Crippen molar-refractivity contribution in [2.75, 3.05) is 18.5 Å². The first-order chi connectivity index (χ1) is 12.6. The van der Waals surface area contributed by atoms with Gasteiger partial charge in [0.25, 0.3) is 17.1 Å². The molecular formula is C16H15BrN4O6. The van der Waals surface area contributed by atoms with E-state index in [4.69, 9.17) is 0 Å². The number of hydrogen-bond acceptors (Lipinski definition) is 7. The minimum atomic E-state index is -0.890. The van der Waals surface area contributed by atoms with Gasteiger partial charge in [-0.1, -0.05) is 6.07 Å². The molecule has 0 aromatic heterocycles. The zero-order valence-electron chi connectivity index (χ0n) is 14.4. The summed E-state index contributed by atoms with van der Waals surface area (Å²) in [5, 5.41) is 33.6. The number of rotatable bonds is 7. The van der Waals surface area contributed by atoms with E-state index in [0.29, 0.717) is 0 Å². The third-order valence-electron chi connectivity index (χ3n) is 4.00. The van der Waals surface area contributed by atoms with Crippen LogP contribution in [0.25, 0.3) is 0 Å². The molecule has 11 heteroatoms. The fraction of sp³-hybridized carbons (Fsp3) is 0.250. The first kappa shape index (κ1) is 20.2. The lowest BCUT2D eigenvalue weighted by atomic mass is 10.1. The fourth-order valence-electron chi connectivity index (χ4n) is 2.64. The third-order valence-corrected chi connectivity index (χ3v) is 4.64. The highest BCUT2D eigenvalue weighted by molar-refractivity contribution is 9.10. The molecule has 0 saturated heterocycles. The summed E-state index contributed by atoms with van der Waals surface area (Å²) >= 11 is 3.44. The lowest BCUT2D eigenvalue weighted by Crippen LogP contribution is -2.21. The largest absolute Gasteiger partial charge is 0.373 e. The fourth-order valence-corrected chi connectivity index (χ4v) is 3.43. The van der Waals surface area contributed by atoms with Gasteiger partial charge in [-0.25, -0.2) is 0 Å². The van der Waals surface area contributed by atoms with Crippen LogP contribution in [0.3, 0.4) is 0 Å². The normalized spacial score (nSPS) is 10.5. The molecule has 0 spiro atoms. The molecule has 0 amide bonds. The van der Waals surface area contributed by atoms with Crippen LogP contribution in [0.15, 0.2) is 34.8 Å². The predicted octanol–water partition coefficient (Wildman–Crippen LogP) is 4.16. The van der Waals surface area contributed by atoms with Crippen LogP contribution in [0.4, 0.5) is 22.7 Å². The van der Waals surface area contributed by atoms with Crippen LogP contribution in [0, 0.1) is 37.3 Å². The van der Waals surface area contributed by atoms with Crippen molar-refractivity contribution in [3.8, 4) is 0 Å². The lowest BCUT2D eigenvalue weighted by molar-refractivity contribution is -0.404. The van der Waals surface area contributed by atoms with Crippen LogP contribution >= 0.6 is 15.9 Å². The molecule has 0 unspecified atom stereocenters. The van der Waals surface area contributed by atoms with Gasteiger partial charge in [0, 0.05) is 24.5 Å². The molecule has 0 aliphatic heterocycles. The van der Waals surface area contributed by atoms with Crippen molar-refractivity contribution >= 4 is 38.7 Å². The summed E-state index contributed by atoms with van der Waals surface area (Å²) < 4.78 is 0.817. The highest BCUT2D eigenvalue weighted by Gasteiger charge is 2.30. The van der Waals surface area contributed by atoms with Gasteiger partial charge in [-0.15, -0.1) is 0 Å². The Morgan fingerprint density at radius 1 is 0.963 bits per heavy atom. The van der Waals surface area contributed by atoms with Crippen molar-refractivity contribution in [2.45, 2.75) is 13.3 Å². The Hall–Kier alpha value is -3.08. The van der Waals surface area contributed by atoms with Crippen molar-refractivity contribution in [3.05, 3.63) is 76.3 Å². The van der Waals surface area contributed by atoms with Gasteiger partial charge in [0.1, 0.15) is 5.56 Å². The summed E-state index contributed by atoms with van der Waals surface area (Å²) in [7, 11) is 1.75. The summed E-state index contributed by atoms with van der Waals surface area (Å²) in [6.07, 6.45) is -0.0264. The monoisotopic (exact) mass is 438 g/mol. The minimum absolute atomic E-state index is 0.0264. The second-order valence-electron chi connectivity index (χ2n) is 5.86. The summed E-state index contributed by atoms with van der Waals surface area (Å²) in [5.41, 5.74) is -0.245. The van der Waals surface area contributed by atoms with Gasteiger partial charge in [0.05, 0.1) is 32.6 Å². The number of nitro groups is 3. The van der Waals surface area contributed by atoms with Gasteiger partial charge in [-0.2, -0.15) is 0 Å². The quantitative estimate of drug-likeness (QED) is 0.467. The van der Waals surface area contributed by atoms with Crippen LogP contribution in [0.2, 0.25) is 0 Å². The van der Waals surface area contributed by atoms with E-state index in [1.807, 2.05) is 25.1 Å². The Kier molecular flexibility index (Phi) is 6.05. The number of halogens is 1. The van der Waals surface area contributed by atoms with Crippen molar-refractivity contribution in [3.63, 3.8) is 0 Å². The number of nitrogens with zero attached hydrogens (tertiary/aromatic N) is 4. The van der Waals surface area contributed by atoms with E-state index < -0.39 is 31.8 Å². The molecule has 27 heavy (non-hydrogen) atoms. The second kappa shape index (κ2) is 8.08. The van der Waals surface area contributed by atoms with Gasteiger partial charge >= 0.3 is 0 Å². The van der Waals surface area contributed by atoms with Gasteiger partial charge < -0.3 is 4.90 Å². The molecule has 0 radical (unpaired) electrons. The number of benzene rings is 2. The smallest absolute Gasteiger partial charge is 0.286 e. The molecule has 0 N–H and O–H groups in total. The molecule has 0 bridgehead atoms. The number of nitro benzene ring substituents is 3. The van der Waals surface area contributed by atoms with Crippen molar-refractivity contribution in [1.29, 1.82) is 0 Å². The molecule has 2 rings (SSSR count). The van der Waals surface area contributed by atoms with Crippen LogP contribution in [-0.2, 0) is 6.42 Å². The summed E-state index contributed by atoms with van der Waals surface area (Å²) in [5.74, 6) is 0. The Morgan fingerprint density at radius 3 is 1.96 bits per heavy atom. The van der Waals surface area contributed by atoms with E-state index in [9.17, 15) is 30.3 Å². The zero-order valence-corrected chi connectivity index (χ0v) is 16.0. The molecule has 0 fully saturated rings. The summed E-state index contributed by atoms with van der Waals surface area (Å²) in [4.78, 5) is 32.8. The lowest BCUT2D eigenvalue weighted by Gasteiger charge is -2.21. The Balaban J connectivity index is 2.40.